The smallest absolute Gasteiger partial charge is 0.228 e. The highest BCUT2D eigenvalue weighted by atomic mass is 16.2. The molecule has 33 heavy (non-hydrogen) atoms. The Morgan fingerprint density at radius 2 is 1.73 bits per heavy atom. The molecule has 1 aromatic heterocycles. The molecule has 1 fully saturated rings. The summed E-state index contributed by atoms with van der Waals surface area (Å²) in [5.41, 5.74) is 3.68. The zero-order chi connectivity index (χ0) is 23.1. The Balaban J connectivity index is 1.57. The second kappa shape index (κ2) is 10.4. The number of nitrogens with one attached hydrogen (secondary N) is 1. The second-order valence-electron chi connectivity index (χ2n) is 8.83. The largest absolute Gasteiger partial charge is 0.356 e. The first-order chi connectivity index (χ1) is 16.1. The van der Waals surface area contributed by atoms with Crippen LogP contribution in [0.4, 0.5) is 0 Å². The van der Waals surface area contributed by atoms with E-state index >= 15 is 0 Å². The maximum Gasteiger partial charge on any atom is 0.228 e. The molecule has 2 heterocycles. The van der Waals surface area contributed by atoms with E-state index in [-0.39, 0.29) is 11.8 Å². The molecule has 0 saturated carbocycles. The van der Waals surface area contributed by atoms with Gasteiger partial charge in [-0.15, -0.1) is 0 Å². The van der Waals surface area contributed by atoms with Crippen LogP contribution in [0.1, 0.15) is 30.9 Å². The summed E-state index contributed by atoms with van der Waals surface area (Å²) >= 11 is 0. The van der Waals surface area contributed by atoms with Crippen LogP contribution in [0.15, 0.2) is 79.1 Å². The first-order valence-corrected chi connectivity index (χ1v) is 11.7. The van der Waals surface area contributed by atoms with Crippen molar-refractivity contribution in [2.75, 3.05) is 19.6 Å². The van der Waals surface area contributed by atoms with Crippen LogP contribution >= 0.6 is 0 Å². The van der Waals surface area contributed by atoms with Crippen molar-refractivity contribution in [1.29, 1.82) is 0 Å². The number of benzene rings is 2. The van der Waals surface area contributed by atoms with E-state index in [0.717, 1.165) is 35.1 Å². The number of pyridine rings is 1. The number of hydrogen-bond donors (Lipinski definition) is 1. The standard InChI is InChI=1S/C28H31N3O2/c1-2-30-27(33)28(20-23-10-6-11-25(18-23)24-12-15-29-16-13-24)14-7-17-31(21-28)26(32)19-22-8-4-3-5-9-22/h3-6,8-13,15-16,18H,2,7,14,17,19-21H2,1H3,(H,30,33). The Morgan fingerprint density at radius 3 is 2.48 bits per heavy atom. The minimum atomic E-state index is -0.628. The van der Waals surface area contributed by atoms with E-state index in [1.165, 1.54) is 0 Å². The van der Waals surface area contributed by atoms with E-state index in [4.69, 9.17) is 0 Å². The molecular formula is C28H31N3O2. The summed E-state index contributed by atoms with van der Waals surface area (Å²) in [5, 5.41) is 3.05. The van der Waals surface area contributed by atoms with Crippen LogP contribution in [0.5, 0.6) is 0 Å². The molecule has 5 nitrogen and oxygen atoms in total. The van der Waals surface area contributed by atoms with Gasteiger partial charge in [-0.25, -0.2) is 0 Å². The van der Waals surface area contributed by atoms with E-state index in [2.05, 4.69) is 28.5 Å². The van der Waals surface area contributed by atoms with Gasteiger partial charge in [0, 0.05) is 32.0 Å². The Bertz CT molecular complexity index is 1080. The zero-order valence-electron chi connectivity index (χ0n) is 19.2. The van der Waals surface area contributed by atoms with E-state index in [1.54, 1.807) is 12.4 Å². The number of carbonyl (C=O) groups is 2. The molecule has 1 aliphatic heterocycles. The molecule has 1 unspecified atom stereocenters. The van der Waals surface area contributed by atoms with Crippen LogP contribution in [-0.4, -0.2) is 41.3 Å². The molecule has 0 spiro atoms. The molecule has 3 aromatic rings. The number of carbonyl (C=O) groups excluding carboxylic acids is 2. The lowest BCUT2D eigenvalue weighted by Crippen LogP contribution is -2.54. The van der Waals surface area contributed by atoms with E-state index < -0.39 is 5.41 Å². The van der Waals surface area contributed by atoms with Gasteiger partial charge in [0.2, 0.25) is 11.8 Å². The van der Waals surface area contributed by atoms with Crippen LogP contribution in [-0.2, 0) is 22.4 Å². The minimum Gasteiger partial charge on any atom is -0.356 e. The monoisotopic (exact) mass is 441 g/mol. The quantitative estimate of drug-likeness (QED) is 0.595. The summed E-state index contributed by atoms with van der Waals surface area (Å²) in [4.78, 5) is 32.5. The van der Waals surface area contributed by atoms with Crippen molar-refractivity contribution >= 4 is 11.8 Å². The Morgan fingerprint density at radius 1 is 0.970 bits per heavy atom. The molecule has 2 aromatic carbocycles. The first-order valence-electron chi connectivity index (χ1n) is 11.7. The molecule has 170 valence electrons. The predicted octanol–water partition coefficient (Wildman–Crippen LogP) is 4.28. The molecule has 0 radical (unpaired) electrons. The van der Waals surface area contributed by atoms with Gasteiger partial charge in [0.05, 0.1) is 11.8 Å². The lowest BCUT2D eigenvalue weighted by atomic mass is 9.74. The Labute approximate surface area is 195 Å². The summed E-state index contributed by atoms with van der Waals surface area (Å²) in [6, 6.07) is 22.1. The summed E-state index contributed by atoms with van der Waals surface area (Å²) in [5.74, 6) is 0.122. The number of aromatic nitrogens is 1. The summed E-state index contributed by atoms with van der Waals surface area (Å²) < 4.78 is 0. The lowest BCUT2D eigenvalue weighted by Gasteiger charge is -2.42. The van der Waals surface area contributed by atoms with Gasteiger partial charge in [-0.05, 0) is 60.6 Å². The van der Waals surface area contributed by atoms with E-state index in [0.29, 0.717) is 32.5 Å². The molecular weight excluding hydrogens is 410 g/mol. The van der Waals surface area contributed by atoms with Crippen molar-refractivity contribution < 1.29 is 9.59 Å². The van der Waals surface area contributed by atoms with Crippen molar-refractivity contribution in [3.63, 3.8) is 0 Å². The molecule has 2 amide bonds. The third-order valence-electron chi connectivity index (χ3n) is 6.43. The fourth-order valence-electron chi connectivity index (χ4n) is 4.78. The topological polar surface area (TPSA) is 62.3 Å². The van der Waals surface area contributed by atoms with Gasteiger partial charge >= 0.3 is 0 Å². The maximum absolute atomic E-state index is 13.3. The average Bonchev–Trinajstić information content (AvgIpc) is 2.85. The van der Waals surface area contributed by atoms with Crippen LogP contribution in [0.25, 0.3) is 11.1 Å². The number of rotatable bonds is 7. The number of nitrogens with zero attached hydrogens (tertiary/aromatic N) is 2. The van der Waals surface area contributed by atoms with Crippen molar-refractivity contribution in [2.24, 2.45) is 5.41 Å². The van der Waals surface area contributed by atoms with Gasteiger partial charge in [-0.3, -0.25) is 14.6 Å². The highest BCUT2D eigenvalue weighted by Gasteiger charge is 2.43. The fourth-order valence-corrected chi connectivity index (χ4v) is 4.78. The highest BCUT2D eigenvalue weighted by molar-refractivity contribution is 5.85. The predicted molar refractivity (Wildman–Crippen MR) is 130 cm³/mol. The van der Waals surface area contributed by atoms with Gasteiger partial charge in [0.1, 0.15) is 0 Å². The number of likely N-dealkylation sites (tertiary alicyclic amines) is 1. The summed E-state index contributed by atoms with van der Waals surface area (Å²) in [7, 11) is 0. The zero-order valence-corrected chi connectivity index (χ0v) is 19.2. The highest BCUT2D eigenvalue weighted by Crippen LogP contribution is 2.35. The number of piperidine rings is 1. The maximum atomic E-state index is 13.3. The Kier molecular flexibility index (Phi) is 7.18. The Hall–Kier alpha value is -3.47. The molecule has 1 aliphatic rings. The molecule has 4 rings (SSSR count). The van der Waals surface area contributed by atoms with Crippen molar-refractivity contribution in [2.45, 2.75) is 32.6 Å². The van der Waals surface area contributed by atoms with Crippen LogP contribution in [0, 0.1) is 5.41 Å². The van der Waals surface area contributed by atoms with Crippen molar-refractivity contribution in [3.8, 4) is 11.1 Å². The van der Waals surface area contributed by atoms with Gasteiger partial charge in [0.15, 0.2) is 0 Å². The normalized spacial score (nSPS) is 18.0. The fraction of sp³-hybridized carbons (Fsp3) is 0.321. The van der Waals surface area contributed by atoms with Gasteiger partial charge < -0.3 is 10.2 Å². The first kappa shape index (κ1) is 22.7. The molecule has 0 aliphatic carbocycles. The van der Waals surface area contributed by atoms with Crippen LogP contribution < -0.4 is 5.32 Å². The van der Waals surface area contributed by atoms with Crippen LogP contribution in [0.2, 0.25) is 0 Å². The van der Waals surface area contributed by atoms with Gasteiger partial charge in [0.25, 0.3) is 0 Å². The molecule has 1 N–H and O–H groups in total. The number of amides is 2. The molecule has 1 atom stereocenters. The van der Waals surface area contributed by atoms with Gasteiger partial charge in [-0.1, -0.05) is 54.6 Å². The van der Waals surface area contributed by atoms with Crippen molar-refractivity contribution in [1.82, 2.24) is 15.2 Å². The SMILES string of the molecule is CCNC(=O)C1(Cc2cccc(-c3ccncc3)c2)CCCN(C(=O)Cc2ccccc2)C1. The van der Waals surface area contributed by atoms with Gasteiger partial charge in [-0.2, -0.15) is 0 Å². The third-order valence-corrected chi connectivity index (χ3v) is 6.43. The third kappa shape index (κ3) is 5.48. The molecule has 0 bridgehead atoms. The van der Waals surface area contributed by atoms with E-state index in [9.17, 15) is 9.59 Å². The summed E-state index contributed by atoms with van der Waals surface area (Å²) in [6.07, 6.45) is 6.14. The van der Waals surface area contributed by atoms with Crippen LogP contribution in [0.3, 0.4) is 0 Å². The minimum absolute atomic E-state index is 0.0384. The average molecular weight is 442 g/mol. The van der Waals surface area contributed by atoms with Crippen molar-refractivity contribution in [3.05, 3.63) is 90.3 Å². The second-order valence-corrected chi connectivity index (χ2v) is 8.83. The van der Waals surface area contributed by atoms with E-state index in [1.807, 2.05) is 60.4 Å². The molecule has 5 heteroatoms. The lowest BCUT2D eigenvalue weighted by molar-refractivity contribution is -0.141. The summed E-state index contributed by atoms with van der Waals surface area (Å²) in [6.45, 7) is 3.67. The molecule has 1 saturated heterocycles. The number of hydrogen-bond acceptors (Lipinski definition) is 3.